The summed E-state index contributed by atoms with van der Waals surface area (Å²) in [5.41, 5.74) is 6.38. The first-order valence-corrected chi connectivity index (χ1v) is 6.63. The first kappa shape index (κ1) is 11.1. The number of nitrogens with zero attached hydrogens (tertiary/aromatic N) is 2. The molecule has 2 aliphatic rings. The molecule has 4 nitrogen and oxygen atoms in total. The lowest BCUT2D eigenvalue weighted by atomic mass is 9.98. The summed E-state index contributed by atoms with van der Waals surface area (Å²) in [7, 11) is 0. The summed E-state index contributed by atoms with van der Waals surface area (Å²) in [6.07, 6.45) is 7.12. The quantitative estimate of drug-likeness (QED) is 0.791. The molecular weight excluding hydrogens is 236 g/mol. The van der Waals surface area contributed by atoms with E-state index in [9.17, 15) is 0 Å². The van der Waals surface area contributed by atoms with Crippen LogP contribution in [0.1, 0.15) is 25.7 Å². The van der Waals surface area contributed by atoms with Crippen LogP contribution in [0, 0.1) is 17.8 Å². The van der Waals surface area contributed by atoms with Gasteiger partial charge in [0, 0.05) is 6.54 Å². The monoisotopic (exact) mass is 252 g/mol. The van der Waals surface area contributed by atoms with E-state index in [4.69, 9.17) is 17.3 Å². The van der Waals surface area contributed by atoms with Crippen LogP contribution in [0.4, 0.5) is 11.5 Å². The first-order valence-electron chi connectivity index (χ1n) is 6.26. The van der Waals surface area contributed by atoms with Gasteiger partial charge in [-0.3, -0.25) is 0 Å². The van der Waals surface area contributed by atoms with Crippen molar-refractivity contribution in [2.75, 3.05) is 17.6 Å². The Labute approximate surface area is 106 Å². The minimum atomic E-state index is 0.246. The third kappa shape index (κ3) is 2.63. The second kappa shape index (κ2) is 4.33. The Morgan fingerprint density at radius 2 is 2.00 bits per heavy atom. The summed E-state index contributed by atoms with van der Waals surface area (Å²) >= 11 is 5.76. The molecule has 17 heavy (non-hydrogen) atoms. The summed E-state index contributed by atoms with van der Waals surface area (Å²) < 4.78 is 0. The number of aromatic nitrogens is 2. The second-order valence-corrected chi connectivity index (χ2v) is 5.50. The predicted octanol–water partition coefficient (Wildman–Crippen LogP) is 2.56. The molecule has 3 rings (SSSR count). The number of halogens is 1. The standard InChI is InChI=1S/C12H17ClN4/c13-12-16-6-10(14)11(17-12)15-5-9(7-1-2-7)8-3-4-8/h6-9H,1-5,14H2,(H,15,16,17). The molecule has 0 aliphatic heterocycles. The van der Waals surface area contributed by atoms with Gasteiger partial charge in [-0.2, -0.15) is 4.98 Å². The van der Waals surface area contributed by atoms with Gasteiger partial charge >= 0.3 is 0 Å². The van der Waals surface area contributed by atoms with Crippen LogP contribution >= 0.6 is 11.6 Å². The van der Waals surface area contributed by atoms with Gasteiger partial charge in [0.05, 0.1) is 11.9 Å². The highest BCUT2D eigenvalue weighted by atomic mass is 35.5. The fourth-order valence-electron chi connectivity index (χ4n) is 2.49. The number of hydrogen-bond acceptors (Lipinski definition) is 4. The van der Waals surface area contributed by atoms with E-state index in [1.54, 1.807) is 6.20 Å². The van der Waals surface area contributed by atoms with Crippen LogP contribution in [0.2, 0.25) is 5.28 Å². The zero-order valence-corrected chi connectivity index (χ0v) is 10.5. The van der Waals surface area contributed by atoms with Gasteiger partial charge in [0.25, 0.3) is 0 Å². The topological polar surface area (TPSA) is 63.8 Å². The van der Waals surface area contributed by atoms with Gasteiger partial charge in [-0.15, -0.1) is 0 Å². The molecule has 2 fully saturated rings. The number of hydrogen-bond donors (Lipinski definition) is 2. The summed E-state index contributed by atoms with van der Waals surface area (Å²) in [5, 5.41) is 3.58. The van der Waals surface area contributed by atoms with Crippen LogP contribution in [-0.4, -0.2) is 16.5 Å². The molecule has 1 heterocycles. The molecule has 2 aliphatic carbocycles. The molecule has 0 saturated heterocycles. The van der Waals surface area contributed by atoms with Crippen LogP contribution in [-0.2, 0) is 0 Å². The van der Waals surface area contributed by atoms with Gasteiger partial charge in [0.15, 0.2) is 5.82 Å². The van der Waals surface area contributed by atoms with Crippen LogP contribution in [0.15, 0.2) is 6.20 Å². The van der Waals surface area contributed by atoms with Gasteiger partial charge in [0.1, 0.15) is 0 Å². The lowest BCUT2D eigenvalue weighted by Crippen LogP contribution is -2.19. The number of nitrogen functional groups attached to an aromatic ring is 1. The molecule has 3 N–H and O–H groups in total. The molecule has 0 aromatic carbocycles. The van der Waals surface area contributed by atoms with Crippen molar-refractivity contribution in [1.29, 1.82) is 0 Å². The number of nitrogens with one attached hydrogen (secondary N) is 1. The van der Waals surface area contributed by atoms with Crippen LogP contribution < -0.4 is 11.1 Å². The maximum atomic E-state index is 5.81. The van der Waals surface area contributed by atoms with E-state index in [0.29, 0.717) is 11.5 Å². The maximum absolute atomic E-state index is 5.81. The Hall–Kier alpha value is -1.03. The third-order valence-corrected chi connectivity index (χ3v) is 3.93. The molecule has 0 unspecified atom stereocenters. The summed E-state index contributed by atoms with van der Waals surface area (Å²) in [6.45, 7) is 0.965. The Morgan fingerprint density at radius 3 is 2.59 bits per heavy atom. The molecule has 0 atom stereocenters. The van der Waals surface area contributed by atoms with Gasteiger partial charge in [-0.25, -0.2) is 4.98 Å². The van der Waals surface area contributed by atoms with E-state index in [-0.39, 0.29) is 5.28 Å². The van der Waals surface area contributed by atoms with E-state index in [0.717, 1.165) is 24.3 Å². The van der Waals surface area contributed by atoms with Crippen LogP contribution in [0.3, 0.4) is 0 Å². The molecule has 0 radical (unpaired) electrons. The highest BCUT2D eigenvalue weighted by molar-refractivity contribution is 6.28. The minimum Gasteiger partial charge on any atom is -0.394 e. The number of rotatable bonds is 5. The van der Waals surface area contributed by atoms with E-state index >= 15 is 0 Å². The van der Waals surface area contributed by atoms with Crippen LogP contribution in [0.25, 0.3) is 0 Å². The smallest absolute Gasteiger partial charge is 0.224 e. The summed E-state index contributed by atoms with van der Waals surface area (Å²) in [4.78, 5) is 7.97. The molecule has 0 amide bonds. The van der Waals surface area contributed by atoms with Crippen molar-refractivity contribution in [2.24, 2.45) is 17.8 Å². The number of anilines is 2. The Kier molecular flexibility index (Phi) is 2.82. The average Bonchev–Trinajstić information content (AvgIpc) is 3.14. The predicted molar refractivity (Wildman–Crippen MR) is 68.9 cm³/mol. The van der Waals surface area contributed by atoms with Gasteiger partial charge in [-0.1, -0.05) is 0 Å². The third-order valence-electron chi connectivity index (χ3n) is 3.75. The fraction of sp³-hybridized carbons (Fsp3) is 0.667. The normalized spacial score (nSPS) is 19.6. The van der Waals surface area contributed by atoms with Crippen molar-refractivity contribution in [2.45, 2.75) is 25.7 Å². The van der Waals surface area contributed by atoms with Gasteiger partial charge < -0.3 is 11.1 Å². The van der Waals surface area contributed by atoms with Gasteiger partial charge in [-0.05, 0) is 55.0 Å². The Balaban J connectivity index is 1.63. The summed E-state index contributed by atoms with van der Waals surface area (Å²) in [6, 6.07) is 0. The highest BCUT2D eigenvalue weighted by Gasteiger charge is 2.41. The van der Waals surface area contributed by atoms with Crippen molar-refractivity contribution < 1.29 is 0 Å². The van der Waals surface area contributed by atoms with E-state index in [1.807, 2.05) is 0 Å². The molecule has 5 heteroatoms. The Bertz CT molecular complexity index is 403. The molecular formula is C12H17ClN4. The van der Waals surface area contributed by atoms with Crippen molar-refractivity contribution >= 4 is 23.1 Å². The molecule has 1 aromatic heterocycles. The second-order valence-electron chi connectivity index (χ2n) is 5.16. The van der Waals surface area contributed by atoms with Gasteiger partial charge in [0.2, 0.25) is 5.28 Å². The average molecular weight is 253 g/mol. The highest BCUT2D eigenvalue weighted by Crippen LogP contribution is 2.49. The van der Waals surface area contributed by atoms with E-state index in [1.165, 1.54) is 25.7 Å². The lowest BCUT2D eigenvalue weighted by Gasteiger charge is -2.17. The maximum Gasteiger partial charge on any atom is 0.224 e. The zero-order chi connectivity index (χ0) is 11.8. The largest absolute Gasteiger partial charge is 0.394 e. The first-order chi connectivity index (χ1) is 8.24. The molecule has 2 saturated carbocycles. The molecule has 0 bridgehead atoms. The van der Waals surface area contributed by atoms with E-state index in [2.05, 4.69) is 15.3 Å². The van der Waals surface area contributed by atoms with Crippen molar-refractivity contribution in [3.63, 3.8) is 0 Å². The lowest BCUT2D eigenvalue weighted by molar-refractivity contribution is 0.428. The fourth-order valence-corrected chi connectivity index (χ4v) is 2.63. The van der Waals surface area contributed by atoms with Crippen molar-refractivity contribution in [1.82, 2.24) is 9.97 Å². The van der Waals surface area contributed by atoms with Crippen LogP contribution in [0.5, 0.6) is 0 Å². The van der Waals surface area contributed by atoms with E-state index < -0.39 is 0 Å². The summed E-state index contributed by atoms with van der Waals surface area (Å²) in [5.74, 6) is 3.32. The van der Waals surface area contributed by atoms with Crippen molar-refractivity contribution in [3.05, 3.63) is 11.5 Å². The Morgan fingerprint density at radius 1 is 1.35 bits per heavy atom. The zero-order valence-electron chi connectivity index (χ0n) is 9.69. The molecule has 1 aromatic rings. The minimum absolute atomic E-state index is 0.246. The molecule has 92 valence electrons. The van der Waals surface area contributed by atoms with Crippen molar-refractivity contribution in [3.8, 4) is 0 Å². The SMILES string of the molecule is Nc1cnc(Cl)nc1NCC(C1CC1)C1CC1. The molecule has 0 spiro atoms. The number of nitrogens with two attached hydrogens (primary N) is 1.